The van der Waals surface area contributed by atoms with E-state index in [0.29, 0.717) is 12.0 Å². The van der Waals surface area contributed by atoms with Crippen molar-refractivity contribution in [1.82, 2.24) is 0 Å². The Hall–Kier alpha value is -0.500. The number of hydrogen-bond acceptors (Lipinski definition) is 2. The minimum Gasteiger partial charge on any atom is -0.501 e. The van der Waals surface area contributed by atoms with Gasteiger partial charge in [0.2, 0.25) is 0 Å². The van der Waals surface area contributed by atoms with Gasteiger partial charge in [0.15, 0.2) is 0 Å². The molecule has 0 N–H and O–H groups in total. The average Bonchev–Trinajstić information content (AvgIpc) is 2.21. The lowest BCUT2D eigenvalue weighted by molar-refractivity contribution is -0.0187. The monoisotopic (exact) mass is 168 g/mol. The van der Waals surface area contributed by atoms with Gasteiger partial charge in [-0.1, -0.05) is 0 Å². The Morgan fingerprint density at radius 1 is 1.08 bits per heavy atom. The van der Waals surface area contributed by atoms with Crippen LogP contribution in [0.15, 0.2) is 12.3 Å². The molecule has 1 saturated heterocycles. The fourth-order valence-electron chi connectivity index (χ4n) is 1.94. The molecule has 12 heavy (non-hydrogen) atoms. The molecule has 1 fully saturated rings. The van der Waals surface area contributed by atoms with Crippen molar-refractivity contribution in [3.05, 3.63) is 12.3 Å². The van der Waals surface area contributed by atoms with Crippen LogP contribution in [0.25, 0.3) is 0 Å². The molecular weight excluding hydrogens is 152 g/mol. The van der Waals surface area contributed by atoms with Gasteiger partial charge in [0, 0.05) is 12.5 Å². The lowest BCUT2D eigenvalue weighted by atomic mass is 9.92. The minimum atomic E-state index is 0.471. The Bertz CT molecular complexity index is 159. The highest BCUT2D eigenvalue weighted by Crippen LogP contribution is 2.25. The van der Waals surface area contributed by atoms with Gasteiger partial charge in [-0.25, -0.2) is 0 Å². The van der Waals surface area contributed by atoms with Crippen LogP contribution in [0, 0.1) is 5.92 Å². The van der Waals surface area contributed by atoms with Gasteiger partial charge >= 0.3 is 0 Å². The topological polar surface area (TPSA) is 18.5 Å². The number of rotatable bonds is 1. The highest BCUT2D eigenvalue weighted by Gasteiger charge is 2.23. The van der Waals surface area contributed by atoms with Gasteiger partial charge in [0.1, 0.15) is 0 Å². The largest absolute Gasteiger partial charge is 0.501 e. The molecule has 0 spiro atoms. The zero-order valence-electron chi connectivity index (χ0n) is 7.37. The molecule has 2 aliphatic heterocycles. The van der Waals surface area contributed by atoms with E-state index < -0.39 is 0 Å². The molecule has 0 saturated carbocycles. The number of ether oxygens (including phenoxy) is 2. The summed E-state index contributed by atoms with van der Waals surface area (Å²) in [7, 11) is 0. The van der Waals surface area contributed by atoms with Crippen LogP contribution in [0.2, 0.25) is 0 Å². The van der Waals surface area contributed by atoms with Crippen LogP contribution in [0.5, 0.6) is 0 Å². The van der Waals surface area contributed by atoms with Gasteiger partial charge in [0.25, 0.3) is 0 Å². The lowest BCUT2D eigenvalue weighted by Gasteiger charge is -2.29. The van der Waals surface area contributed by atoms with Crippen LogP contribution in [0.3, 0.4) is 0 Å². The molecule has 2 atom stereocenters. The molecule has 68 valence electrons. The first kappa shape index (κ1) is 8.11. The first-order valence-electron chi connectivity index (χ1n) is 4.87. The predicted molar refractivity (Wildman–Crippen MR) is 46.8 cm³/mol. The molecule has 2 aliphatic rings. The normalized spacial score (nSPS) is 36.0. The van der Waals surface area contributed by atoms with Crippen molar-refractivity contribution in [3.63, 3.8) is 0 Å². The van der Waals surface area contributed by atoms with E-state index in [2.05, 4.69) is 6.08 Å². The fourth-order valence-corrected chi connectivity index (χ4v) is 1.94. The predicted octanol–water partition coefficient (Wildman–Crippen LogP) is 2.11. The van der Waals surface area contributed by atoms with E-state index in [-0.39, 0.29) is 0 Å². The Kier molecular flexibility index (Phi) is 2.67. The van der Waals surface area contributed by atoms with E-state index in [4.69, 9.17) is 9.47 Å². The van der Waals surface area contributed by atoms with E-state index in [1.807, 2.05) is 6.26 Å². The Morgan fingerprint density at radius 3 is 2.75 bits per heavy atom. The quantitative estimate of drug-likeness (QED) is 0.597. The van der Waals surface area contributed by atoms with Crippen molar-refractivity contribution in [2.75, 3.05) is 13.2 Å². The first-order chi connectivity index (χ1) is 5.97. The van der Waals surface area contributed by atoms with Gasteiger partial charge in [-0.05, 0) is 31.8 Å². The van der Waals surface area contributed by atoms with Crippen LogP contribution < -0.4 is 0 Å². The van der Waals surface area contributed by atoms with Crippen molar-refractivity contribution in [1.29, 1.82) is 0 Å². The van der Waals surface area contributed by atoms with Crippen molar-refractivity contribution in [2.24, 2.45) is 5.92 Å². The standard InChI is InChI=1S/C10H16O2/c1-2-6-12-10(3-1)9-4-7-11-8-5-9/h4,7,9-10H,1-3,5-6,8H2. The third kappa shape index (κ3) is 1.81. The van der Waals surface area contributed by atoms with Crippen LogP contribution in [0.1, 0.15) is 25.7 Å². The van der Waals surface area contributed by atoms with Crippen molar-refractivity contribution in [3.8, 4) is 0 Å². The van der Waals surface area contributed by atoms with Gasteiger partial charge in [0.05, 0.1) is 19.0 Å². The van der Waals surface area contributed by atoms with Crippen LogP contribution in [-0.2, 0) is 9.47 Å². The summed E-state index contributed by atoms with van der Waals surface area (Å²) < 4.78 is 10.9. The molecule has 2 heterocycles. The molecule has 0 aliphatic carbocycles. The molecule has 0 aromatic rings. The third-order valence-corrected chi connectivity index (χ3v) is 2.68. The second kappa shape index (κ2) is 3.94. The van der Waals surface area contributed by atoms with Crippen molar-refractivity contribution < 1.29 is 9.47 Å². The Balaban J connectivity index is 1.88. The molecule has 2 nitrogen and oxygen atoms in total. The maximum Gasteiger partial charge on any atom is 0.0879 e. The minimum absolute atomic E-state index is 0.471. The van der Waals surface area contributed by atoms with E-state index >= 15 is 0 Å². The van der Waals surface area contributed by atoms with E-state index in [0.717, 1.165) is 19.6 Å². The summed E-state index contributed by atoms with van der Waals surface area (Å²) in [6.07, 6.45) is 9.38. The maximum atomic E-state index is 5.71. The van der Waals surface area contributed by atoms with Crippen LogP contribution in [-0.4, -0.2) is 19.3 Å². The zero-order chi connectivity index (χ0) is 8.23. The van der Waals surface area contributed by atoms with Gasteiger partial charge in [-0.3, -0.25) is 0 Å². The highest BCUT2D eigenvalue weighted by atomic mass is 16.5. The lowest BCUT2D eigenvalue weighted by Crippen LogP contribution is -2.28. The molecule has 2 heteroatoms. The molecular formula is C10H16O2. The molecule has 0 radical (unpaired) electrons. The molecule has 0 aromatic carbocycles. The van der Waals surface area contributed by atoms with E-state index in [9.17, 15) is 0 Å². The molecule has 0 amide bonds. The summed E-state index contributed by atoms with van der Waals surface area (Å²) in [6, 6.07) is 0. The molecule has 0 aromatic heterocycles. The second-order valence-corrected chi connectivity index (χ2v) is 3.56. The molecule has 2 unspecified atom stereocenters. The van der Waals surface area contributed by atoms with E-state index in [1.54, 1.807) is 0 Å². The van der Waals surface area contributed by atoms with E-state index in [1.165, 1.54) is 19.3 Å². The summed E-state index contributed by atoms with van der Waals surface area (Å²) in [5.74, 6) is 0.610. The smallest absolute Gasteiger partial charge is 0.0879 e. The highest BCUT2D eigenvalue weighted by molar-refractivity contribution is 4.92. The van der Waals surface area contributed by atoms with Gasteiger partial charge in [-0.2, -0.15) is 0 Å². The molecule has 2 rings (SSSR count). The summed E-state index contributed by atoms with van der Waals surface area (Å²) in [5, 5.41) is 0. The van der Waals surface area contributed by atoms with Crippen LogP contribution in [0.4, 0.5) is 0 Å². The maximum absolute atomic E-state index is 5.71. The van der Waals surface area contributed by atoms with Gasteiger partial charge in [-0.15, -0.1) is 0 Å². The fraction of sp³-hybridized carbons (Fsp3) is 0.800. The summed E-state index contributed by atoms with van der Waals surface area (Å²) in [6.45, 7) is 1.82. The van der Waals surface area contributed by atoms with Gasteiger partial charge < -0.3 is 9.47 Å². The Morgan fingerprint density at radius 2 is 2.08 bits per heavy atom. The first-order valence-corrected chi connectivity index (χ1v) is 4.87. The Labute approximate surface area is 73.5 Å². The van der Waals surface area contributed by atoms with Crippen molar-refractivity contribution >= 4 is 0 Å². The second-order valence-electron chi connectivity index (χ2n) is 3.56. The van der Waals surface area contributed by atoms with Crippen molar-refractivity contribution in [2.45, 2.75) is 31.8 Å². The van der Waals surface area contributed by atoms with Crippen LogP contribution >= 0.6 is 0 Å². The summed E-state index contributed by atoms with van der Waals surface area (Å²) in [5.41, 5.74) is 0. The summed E-state index contributed by atoms with van der Waals surface area (Å²) in [4.78, 5) is 0. The average molecular weight is 168 g/mol. The zero-order valence-corrected chi connectivity index (χ0v) is 7.37. The third-order valence-electron chi connectivity index (χ3n) is 2.68. The number of hydrogen-bond donors (Lipinski definition) is 0. The summed E-state index contributed by atoms with van der Waals surface area (Å²) >= 11 is 0. The SMILES string of the molecule is C1=CC(C2CCCCO2)CCO1. The molecule has 0 bridgehead atoms.